The van der Waals surface area contributed by atoms with Crippen molar-refractivity contribution in [3.63, 3.8) is 0 Å². The van der Waals surface area contributed by atoms with Crippen molar-refractivity contribution in [1.29, 1.82) is 0 Å². The Kier molecular flexibility index (Phi) is 1.92. The van der Waals surface area contributed by atoms with Gasteiger partial charge in [0.15, 0.2) is 0 Å². The first-order valence-electron chi connectivity index (χ1n) is 5.80. The normalized spacial score (nSPS) is 48.4. The van der Waals surface area contributed by atoms with Gasteiger partial charge in [-0.2, -0.15) is 0 Å². The van der Waals surface area contributed by atoms with Gasteiger partial charge in [0, 0.05) is 12.0 Å². The predicted octanol–water partition coefficient (Wildman–Crippen LogP) is 0.654. The number of rotatable bonds is 3. The SMILES string of the molecule is NCC1(C(O)C2CC2)CC2CCC1O2. The average Bonchev–Trinajstić information content (AvgIpc) is 2.87. The molecule has 0 aromatic rings. The molecule has 80 valence electrons. The number of hydrogen-bond donors (Lipinski definition) is 2. The van der Waals surface area contributed by atoms with Gasteiger partial charge >= 0.3 is 0 Å². The van der Waals surface area contributed by atoms with E-state index >= 15 is 0 Å². The van der Waals surface area contributed by atoms with Crippen LogP contribution in [0.25, 0.3) is 0 Å². The lowest BCUT2D eigenvalue weighted by Gasteiger charge is -2.38. The molecule has 3 rings (SSSR count). The Morgan fingerprint density at radius 1 is 1.36 bits per heavy atom. The molecular weight excluding hydrogens is 178 g/mol. The van der Waals surface area contributed by atoms with Gasteiger partial charge in [-0.05, 0) is 38.0 Å². The lowest BCUT2D eigenvalue weighted by atomic mass is 9.68. The van der Waals surface area contributed by atoms with E-state index in [1.54, 1.807) is 0 Å². The molecule has 14 heavy (non-hydrogen) atoms. The molecule has 0 spiro atoms. The van der Waals surface area contributed by atoms with E-state index in [9.17, 15) is 5.11 Å². The van der Waals surface area contributed by atoms with E-state index in [1.165, 1.54) is 19.3 Å². The molecule has 3 nitrogen and oxygen atoms in total. The maximum absolute atomic E-state index is 10.3. The molecule has 0 aromatic carbocycles. The van der Waals surface area contributed by atoms with Crippen LogP contribution >= 0.6 is 0 Å². The van der Waals surface area contributed by atoms with Crippen molar-refractivity contribution in [3.8, 4) is 0 Å². The van der Waals surface area contributed by atoms with Crippen LogP contribution < -0.4 is 5.73 Å². The topological polar surface area (TPSA) is 55.5 Å². The van der Waals surface area contributed by atoms with Crippen LogP contribution in [0.3, 0.4) is 0 Å². The summed E-state index contributed by atoms with van der Waals surface area (Å²) in [5.74, 6) is 0.515. The molecular formula is C11H19NO2. The zero-order valence-electron chi connectivity index (χ0n) is 8.48. The maximum atomic E-state index is 10.3. The van der Waals surface area contributed by atoms with Gasteiger partial charge in [0.2, 0.25) is 0 Å². The Morgan fingerprint density at radius 2 is 2.14 bits per heavy atom. The Balaban J connectivity index is 1.83. The monoisotopic (exact) mass is 197 g/mol. The quantitative estimate of drug-likeness (QED) is 0.698. The molecule has 2 heterocycles. The summed E-state index contributed by atoms with van der Waals surface area (Å²) in [6.07, 6.45) is 6.05. The highest BCUT2D eigenvalue weighted by atomic mass is 16.5. The summed E-state index contributed by atoms with van der Waals surface area (Å²) in [5, 5.41) is 10.3. The number of fused-ring (bicyclic) bond motifs is 2. The highest BCUT2D eigenvalue weighted by molar-refractivity contribution is 5.07. The van der Waals surface area contributed by atoms with Crippen LogP contribution in [0.2, 0.25) is 0 Å². The smallest absolute Gasteiger partial charge is 0.0674 e. The number of nitrogens with two attached hydrogens (primary N) is 1. The Hall–Kier alpha value is -0.120. The largest absolute Gasteiger partial charge is 0.392 e. The van der Waals surface area contributed by atoms with E-state index in [4.69, 9.17) is 10.5 Å². The standard InChI is InChI=1S/C11H19NO2/c12-6-11(10(13)7-1-2-7)5-8-3-4-9(11)14-8/h7-10,13H,1-6,12H2. The van der Waals surface area contributed by atoms with E-state index < -0.39 is 0 Å². The van der Waals surface area contributed by atoms with Crippen LogP contribution in [0.1, 0.15) is 32.1 Å². The third-order valence-corrected chi connectivity index (χ3v) is 4.39. The van der Waals surface area contributed by atoms with Gasteiger partial charge in [-0.15, -0.1) is 0 Å². The van der Waals surface area contributed by atoms with Gasteiger partial charge in [0.1, 0.15) is 0 Å². The molecule has 2 bridgehead atoms. The molecule has 3 heteroatoms. The molecule has 0 amide bonds. The summed E-state index contributed by atoms with van der Waals surface area (Å²) >= 11 is 0. The lowest BCUT2D eigenvalue weighted by Crippen LogP contribution is -2.49. The van der Waals surface area contributed by atoms with Crippen molar-refractivity contribution >= 4 is 0 Å². The van der Waals surface area contributed by atoms with Crippen molar-refractivity contribution in [2.24, 2.45) is 17.1 Å². The molecule has 1 aliphatic carbocycles. The van der Waals surface area contributed by atoms with Gasteiger partial charge in [-0.1, -0.05) is 0 Å². The van der Waals surface area contributed by atoms with Gasteiger partial charge in [0.05, 0.1) is 18.3 Å². The first-order valence-corrected chi connectivity index (χ1v) is 5.80. The molecule has 0 aromatic heterocycles. The van der Waals surface area contributed by atoms with Crippen molar-refractivity contribution in [2.45, 2.75) is 50.4 Å². The van der Waals surface area contributed by atoms with Crippen molar-refractivity contribution in [3.05, 3.63) is 0 Å². The fourth-order valence-electron chi connectivity index (χ4n) is 3.36. The maximum Gasteiger partial charge on any atom is 0.0674 e. The zero-order chi connectivity index (χ0) is 9.76. The third-order valence-electron chi connectivity index (χ3n) is 4.39. The highest BCUT2D eigenvalue weighted by Crippen LogP contribution is 2.53. The van der Waals surface area contributed by atoms with Crippen molar-refractivity contribution < 1.29 is 9.84 Å². The predicted molar refractivity (Wildman–Crippen MR) is 52.7 cm³/mol. The summed E-state index contributed by atoms with van der Waals surface area (Å²) in [7, 11) is 0. The molecule has 1 saturated carbocycles. The second-order valence-corrected chi connectivity index (χ2v) is 5.25. The number of aliphatic hydroxyl groups excluding tert-OH is 1. The van der Waals surface area contributed by atoms with Gasteiger partial charge < -0.3 is 15.6 Å². The first kappa shape index (κ1) is 9.13. The van der Waals surface area contributed by atoms with Crippen LogP contribution in [0.5, 0.6) is 0 Å². The number of ether oxygens (including phenoxy) is 1. The van der Waals surface area contributed by atoms with E-state index in [0.717, 1.165) is 12.8 Å². The van der Waals surface area contributed by atoms with E-state index in [1.807, 2.05) is 0 Å². The molecule has 4 atom stereocenters. The van der Waals surface area contributed by atoms with Crippen LogP contribution in [-0.4, -0.2) is 30.0 Å². The van der Waals surface area contributed by atoms with Crippen LogP contribution in [0.15, 0.2) is 0 Å². The molecule has 0 radical (unpaired) electrons. The summed E-state index contributed by atoms with van der Waals surface area (Å²) in [6.45, 7) is 0.589. The molecule has 3 fully saturated rings. The zero-order valence-corrected chi connectivity index (χ0v) is 8.48. The van der Waals surface area contributed by atoms with Crippen molar-refractivity contribution in [2.75, 3.05) is 6.54 Å². The summed E-state index contributed by atoms with van der Waals surface area (Å²) in [4.78, 5) is 0. The second-order valence-electron chi connectivity index (χ2n) is 5.25. The Bertz CT molecular complexity index is 241. The van der Waals surface area contributed by atoms with Crippen LogP contribution in [0.4, 0.5) is 0 Å². The molecule has 3 aliphatic rings. The molecule has 2 saturated heterocycles. The van der Waals surface area contributed by atoms with E-state index in [-0.39, 0.29) is 17.6 Å². The van der Waals surface area contributed by atoms with E-state index in [0.29, 0.717) is 18.6 Å². The molecule has 3 N–H and O–H groups in total. The fraction of sp³-hybridized carbons (Fsp3) is 1.00. The van der Waals surface area contributed by atoms with Crippen molar-refractivity contribution in [1.82, 2.24) is 0 Å². The first-order chi connectivity index (χ1) is 6.76. The van der Waals surface area contributed by atoms with Gasteiger partial charge in [0.25, 0.3) is 0 Å². The molecule has 4 unspecified atom stereocenters. The minimum atomic E-state index is -0.206. The summed E-state index contributed by atoms with van der Waals surface area (Å²) in [5.41, 5.74) is 5.79. The number of hydrogen-bond acceptors (Lipinski definition) is 3. The highest BCUT2D eigenvalue weighted by Gasteiger charge is 2.58. The third kappa shape index (κ3) is 1.09. The summed E-state index contributed by atoms with van der Waals surface area (Å²) < 4.78 is 5.84. The fourth-order valence-corrected chi connectivity index (χ4v) is 3.36. The Morgan fingerprint density at radius 3 is 2.57 bits per heavy atom. The summed E-state index contributed by atoms with van der Waals surface area (Å²) in [6, 6.07) is 0. The molecule has 2 aliphatic heterocycles. The lowest BCUT2D eigenvalue weighted by molar-refractivity contribution is -0.0357. The van der Waals surface area contributed by atoms with E-state index in [2.05, 4.69) is 0 Å². The average molecular weight is 197 g/mol. The van der Waals surface area contributed by atoms with Gasteiger partial charge in [-0.3, -0.25) is 0 Å². The minimum Gasteiger partial charge on any atom is -0.392 e. The number of aliphatic hydroxyl groups is 1. The van der Waals surface area contributed by atoms with Crippen LogP contribution in [-0.2, 0) is 4.74 Å². The Labute approximate surface area is 84.6 Å². The van der Waals surface area contributed by atoms with Gasteiger partial charge in [-0.25, -0.2) is 0 Å². The second kappa shape index (κ2) is 2.94. The minimum absolute atomic E-state index is 0.0932. The van der Waals surface area contributed by atoms with Crippen LogP contribution in [0, 0.1) is 11.3 Å².